The first-order chi connectivity index (χ1) is 12.7. The highest BCUT2D eigenvalue weighted by atomic mass is 16.5. The number of hydrogen-bond donors (Lipinski definition) is 1. The zero-order valence-electron chi connectivity index (χ0n) is 14.7. The third kappa shape index (κ3) is 3.39. The van der Waals surface area contributed by atoms with E-state index in [1.165, 1.54) is 0 Å². The number of nitrogens with zero attached hydrogens (tertiary/aromatic N) is 2. The standard InChI is InChI=1S/C21H21N3O2/c1-15-13-20(24-9-11-26-12-10-24)23-19-8-7-17(14-18(15)19)22-21(25)16-5-3-2-4-6-16/h2-8,13-14H,9-12H2,1H3,(H,22,25). The molecule has 3 aromatic rings. The summed E-state index contributed by atoms with van der Waals surface area (Å²) in [5.41, 5.74) is 3.50. The zero-order valence-corrected chi connectivity index (χ0v) is 14.7. The number of fused-ring (bicyclic) bond motifs is 1. The van der Waals surface area contributed by atoms with Crippen molar-refractivity contribution in [1.29, 1.82) is 0 Å². The Kier molecular flexibility index (Phi) is 4.54. The predicted molar refractivity (Wildman–Crippen MR) is 104 cm³/mol. The van der Waals surface area contributed by atoms with E-state index in [4.69, 9.17) is 9.72 Å². The number of nitrogens with one attached hydrogen (secondary N) is 1. The average Bonchev–Trinajstić information content (AvgIpc) is 2.69. The molecule has 0 aliphatic carbocycles. The summed E-state index contributed by atoms with van der Waals surface area (Å²) in [6, 6.07) is 17.2. The Morgan fingerprint density at radius 3 is 2.62 bits per heavy atom. The Morgan fingerprint density at radius 2 is 1.85 bits per heavy atom. The highest BCUT2D eigenvalue weighted by Crippen LogP contribution is 2.26. The van der Waals surface area contributed by atoms with Crippen molar-refractivity contribution in [2.75, 3.05) is 36.5 Å². The third-order valence-electron chi connectivity index (χ3n) is 4.63. The van der Waals surface area contributed by atoms with Gasteiger partial charge in [0.15, 0.2) is 0 Å². The number of hydrogen-bond acceptors (Lipinski definition) is 4. The van der Waals surface area contributed by atoms with Crippen LogP contribution in [0, 0.1) is 6.92 Å². The van der Waals surface area contributed by atoms with E-state index >= 15 is 0 Å². The van der Waals surface area contributed by atoms with Gasteiger partial charge in [0.05, 0.1) is 18.7 Å². The van der Waals surface area contributed by atoms with Gasteiger partial charge < -0.3 is 15.0 Å². The average molecular weight is 347 g/mol. The number of ether oxygens (including phenoxy) is 1. The molecule has 0 unspecified atom stereocenters. The lowest BCUT2D eigenvalue weighted by Crippen LogP contribution is -2.36. The van der Waals surface area contributed by atoms with E-state index < -0.39 is 0 Å². The van der Waals surface area contributed by atoms with E-state index in [0.29, 0.717) is 5.56 Å². The third-order valence-corrected chi connectivity index (χ3v) is 4.63. The van der Waals surface area contributed by atoms with Gasteiger partial charge in [0.1, 0.15) is 5.82 Å². The lowest BCUT2D eigenvalue weighted by atomic mass is 10.1. The molecule has 0 radical (unpaired) electrons. The number of anilines is 2. The summed E-state index contributed by atoms with van der Waals surface area (Å²) in [5, 5.41) is 4.01. The molecule has 0 bridgehead atoms. The zero-order chi connectivity index (χ0) is 17.9. The smallest absolute Gasteiger partial charge is 0.255 e. The number of morpholine rings is 1. The van der Waals surface area contributed by atoms with Gasteiger partial charge in [-0.1, -0.05) is 18.2 Å². The summed E-state index contributed by atoms with van der Waals surface area (Å²) in [6.45, 7) is 5.29. The Hall–Kier alpha value is -2.92. The van der Waals surface area contributed by atoms with Crippen LogP contribution >= 0.6 is 0 Å². The van der Waals surface area contributed by atoms with Gasteiger partial charge in [-0.05, 0) is 48.9 Å². The van der Waals surface area contributed by atoms with Crippen molar-refractivity contribution in [3.05, 3.63) is 65.7 Å². The van der Waals surface area contributed by atoms with Crippen molar-refractivity contribution in [1.82, 2.24) is 4.98 Å². The maximum atomic E-state index is 12.4. The summed E-state index contributed by atoms with van der Waals surface area (Å²) < 4.78 is 5.42. The normalized spacial score (nSPS) is 14.4. The summed E-state index contributed by atoms with van der Waals surface area (Å²) in [4.78, 5) is 19.4. The second kappa shape index (κ2) is 7.14. The van der Waals surface area contributed by atoms with Gasteiger partial charge in [-0.15, -0.1) is 0 Å². The maximum absolute atomic E-state index is 12.4. The van der Waals surface area contributed by atoms with Crippen LogP contribution in [0.25, 0.3) is 10.9 Å². The van der Waals surface area contributed by atoms with Crippen LogP contribution in [-0.2, 0) is 4.74 Å². The van der Waals surface area contributed by atoms with Crippen molar-refractivity contribution >= 4 is 28.3 Å². The molecule has 4 rings (SSSR count). The fraction of sp³-hybridized carbons (Fsp3) is 0.238. The van der Waals surface area contributed by atoms with E-state index in [9.17, 15) is 4.79 Å². The van der Waals surface area contributed by atoms with Crippen LogP contribution in [0.3, 0.4) is 0 Å². The largest absolute Gasteiger partial charge is 0.378 e. The highest BCUT2D eigenvalue weighted by Gasteiger charge is 2.14. The van der Waals surface area contributed by atoms with Gasteiger partial charge in [-0.3, -0.25) is 4.79 Å². The molecule has 5 heteroatoms. The van der Waals surface area contributed by atoms with Crippen LogP contribution in [0.5, 0.6) is 0 Å². The Labute approximate surface area is 152 Å². The van der Waals surface area contributed by atoms with Crippen molar-refractivity contribution in [2.24, 2.45) is 0 Å². The Morgan fingerprint density at radius 1 is 1.08 bits per heavy atom. The number of benzene rings is 2. The molecule has 0 saturated carbocycles. The van der Waals surface area contributed by atoms with E-state index in [1.54, 1.807) is 12.1 Å². The van der Waals surface area contributed by atoms with Crippen LogP contribution in [0.1, 0.15) is 15.9 Å². The quantitative estimate of drug-likeness (QED) is 0.786. The maximum Gasteiger partial charge on any atom is 0.255 e. The van der Waals surface area contributed by atoms with Crippen LogP contribution in [0.4, 0.5) is 11.5 Å². The summed E-state index contributed by atoms with van der Waals surface area (Å²) in [5.74, 6) is 0.875. The first kappa shape index (κ1) is 16.5. The first-order valence-corrected chi connectivity index (χ1v) is 8.81. The number of pyridine rings is 1. The van der Waals surface area contributed by atoms with Crippen molar-refractivity contribution in [3.8, 4) is 0 Å². The second-order valence-electron chi connectivity index (χ2n) is 6.45. The van der Waals surface area contributed by atoms with Gasteiger partial charge in [0, 0.05) is 29.7 Å². The lowest BCUT2D eigenvalue weighted by molar-refractivity contribution is 0.102. The van der Waals surface area contributed by atoms with E-state index in [1.807, 2.05) is 36.4 Å². The molecule has 1 amide bonds. The Balaban J connectivity index is 1.61. The number of aromatic nitrogens is 1. The van der Waals surface area contributed by atoms with Crippen molar-refractivity contribution in [3.63, 3.8) is 0 Å². The van der Waals surface area contributed by atoms with Crippen LogP contribution < -0.4 is 10.2 Å². The van der Waals surface area contributed by atoms with Crippen LogP contribution in [-0.4, -0.2) is 37.2 Å². The molecule has 1 saturated heterocycles. The Bertz CT molecular complexity index is 935. The fourth-order valence-electron chi connectivity index (χ4n) is 3.20. The molecule has 1 N–H and O–H groups in total. The van der Waals surface area contributed by atoms with E-state index in [0.717, 1.165) is 54.3 Å². The van der Waals surface area contributed by atoms with Crippen LogP contribution in [0.2, 0.25) is 0 Å². The SMILES string of the molecule is Cc1cc(N2CCOCC2)nc2ccc(NC(=O)c3ccccc3)cc12. The number of aryl methyl sites for hydroxylation is 1. The number of rotatable bonds is 3. The number of amides is 1. The molecule has 132 valence electrons. The molecule has 26 heavy (non-hydrogen) atoms. The minimum absolute atomic E-state index is 0.111. The van der Waals surface area contributed by atoms with Gasteiger partial charge in [0.25, 0.3) is 5.91 Å². The van der Waals surface area contributed by atoms with Gasteiger partial charge in [-0.2, -0.15) is 0 Å². The van der Waals surface area contributed by atoms with Crippen molar-refractivity contribution < 1.29 is 9.53 Å². The minimum Gasteiger partial charge on any atom is -0.378 e. The van der Waals surface area contributed by atoms with Gasteiger partial charge in [0.2, 0.25) is 0 Å². The molecule has 1 aromatic heterocycles. The lowest BCUT2D eigenvalue weighted by Gasteiger charge is -2.28. The monoisotopic (exact) mass is 347 g/mol. The molecule has 1 aliphatic rings. The molecule has 2 heterocycles. The first-order valence-electron chi connectivity index (χ1n) is 8.81. The van der Waals surface area contributed by atoms with Gasteiger partial charge >= 0.3 is 0 Å². The topological polar surface area (TPSA) is 54.5 Å². The number of carbonyl (C=O) groups is 1. The molecular formula is C21H21N3O2. The highest BCUT2D eigenvalue weighted by molar-refractivity contribution is 6.05. The summed E-state index contributed by atoms with van der Waals surface area (Å²) >= 11 is 0. The molecule has 2 aromatic carbocycles. The van der Waals surface area contributed by atoms with Gasteiger partial charge in [-0.25, -0.2) is 4.98 Å². The van der Waals surface area contributed by atoms with Crippen molar-refractivity contribution in [2.45, 2.75) is 6.92 Å². The van der Waals surface area contributed by atoms with Crippen LogP contribution in [0.15, 0.2) is 54.6 Å². The molecule has 1 aliphatic heterocycles. The summed E-state index contributed by atoms with van der Waals surface area (Å²) in [7, 11) is 0. The summed E-state index contributed by atoms with van der Waals surface area (Å²) in [6.07, 6.45) is 0. The fourth-order valence-corrected chi connectivity index (χ4v) is 3.20. The molecule has 1 fully saturated rings. The van der Waals surface area contributed by atoms with E-state index in [-0.39, 0.29) is 5.91 Å². The minimum atomic E-state index is -0.111. The molecule has 0 atom stereocenters. The van der Waals surface area contributed by atoms with E-state index in [2.05, 4.69) is 23.2 Å². The molecule has 5 nitrogen and oxygen atoms in total. The number of carbonyl (C=O) groups excluding carboxylic acids is 1. The predicted octanol–water partition coefficient (Wildman–Crippen LogP) is 3.63. The second-order valence-corrected chi connectivity index (χ2v) is 6.45. The molecular weight excluding hydrogens is 326 g/mol. The molecule has 0 spiro atoms.